The van der Waals surface area contributed by atoms with E-state index in [1.165, 1.54) is 6.08 Å². The number of hydrogen-bond donors (Lipinski definition) is 1. The van der Waals surface area contributed by atoms with Crippen molar-refractivity contribution in [1.82, 2.24) is 0 Å². The van der Waals surface area contributed by atoms with Gasteiger partial charge < -0.3 is 5.73 Å². The molecule has 0 bridgehead atoms. The maximum absolute atomic E-state index is 12.0. The molecule has 0 heterocycles. The summed E-state index contributed by atoms with van der Waals surface area (Å²) >= 11 is 0. The van der Waals surface area contributed by atoms with Crippen molar-refractivity contribution >= 4 is 0 Å². The molecule has 0 aliphatic heterocycles. The Hall–Kier alpha value is -0.770. The van der Waals surface area contributed by atoms with Gasteiger partial charge in [-0.05, 0) is 6.42 Å². The molecule has 0 radical (unpaired) electrons. The molecule has 62 valence electrons. The highest BCUT2D eigenvalue weighted by Crippen LogP contribution is 2.30. The van der Waals surface area contributed by atoms with Crippen molar-refractivity contribution < 1.29 is 13.2 Å². The van der Waals surface area contributed by atoms with E-state index in [-0.39, 0.29) is 6.42 Å². The fourth-order valence-corrected chi connectivity index (χ4v) is 0.952. The molecule has 1 atom stereocenters. The normalized spacial score (nSPS) is 25.1. The number of halogens is 3. The quantitative estimate of drug-likeness (QED) is 0.578. The molecule has 0 amide bonds. The molecule has 0 aromatic carbocycles. The minimum atomic E-state index is -4.27. The summed E-state index contributed by atoms with van der Waals surface area (Å²) in [6, 6.07) is -0.889. The van der Waals surface area contributed by atoms with Gasteiger partial charge in [-0.15, -0.1) is 0 Å². The average Bonchev–Trinajstić information content (AvgIpc) is 1.86. The highest BCUT2D eigenvalue weighted by Gasteiger charge is 2.36. The fourth-order valence-electron chi connectivity index (χ4n) is 0.952. The van der Waals surface area contributed by atoms with E-state index in [2.05, 4.69) is 0 Å². The van der Waals surface area contributed by atoms with Crippen molar-refractivity contribution in [2.75, 3.05) is 0 Å². The summed E-state index contributed by atoms with van der Waals surface area (Å²) in [5.41, 5.74) is 4.59. The van der Waals surface area contributed by atoms with E-state index in [4.69, 9.17) is 5.73 Å². The van der Waals surface area contributed by atoms with Gasteiger partial charge >= 0.3 is 6.18 Å². The largest absolute Gasteiger partial charge is 0.414 e. The van der Waals surface area contributed by atoms with Crippen LogP contribution in [0, 0.1) is 0 Å². The van der Waals surface area contributed by atoms with E-state index < -0.39 is 17.8 Å². The minimum absolute atomic E-state index is 0.269. The summed E-state index contributed by atoms with van der Waals surface area (Å²) in [5.74, 6) is 0. The summed E-state index contributed by atoms with van der Waals surface area (Å²) in [5, 5.41) is 0. The molecule has 0 aromatic heterocycles. The van der Waals surface area contributed by atoms with Crippen molar-refractivity contribution in [2.24, 2.45) is 5.73 Å². The molecule has 1 rings (SSSR count). The van der Waals surface area contributed by atoms with Gasteiger partial charge in [0.15, 0.2) is 0 Å². The van der Waals surface area contributed by atoms with Crippen LogP contribution in [0.2, 0.25) is 0 Å². The van der Waals surface area contributed by atoms with Crippen molar-refractivity contribution in [3.05, 3.63) is 23.8 Å². The standard InChI is InChI=1S/C7H8F3N/c8-7(9,10)5-3-1-2-4-6(5)11/h1-3,6H,4,11H2. The summed E-state index contributed by atoms with van der Waals surface area (Å²) < 4.78 is 36.0. The maximum Gasteiger partial charge on any atom is 0.414 e. The molecule has 1 aliphatic carbocycles. The minimum Gasteiger partial charge on any atom is -0.324 e. The lowest BCUT2D eigenvalue weighted by molar-refractivity contribution is -0.0956. The van der Waals surface area contributed by atoms with E-state index in [0.29, 0.717) is 0 Å². The maximum atomic E-state index is 12.0. The molecule has 0 saturated carbocycles. The van der Waals surface area contributed by atoms with Gasteiger partial charge in [0, 0.05) is 11.6 Å². The molecule has 0 fully saturated rings. The first-order chi connectivity index (χ1) is 5.02. The Bertz CT molecular complexity index is 202. The molecule has 0 saturated heterocycles. The first-order valence-electron chi connectivity index (χ1n) is 3.21. The molecule has 4 heteroatoms. The third-order valence-electron chi connectivity index (χ3n) is 1.53. The van der Waals surface area contributed by atoms with E-state index in [9.17, 15) is 13.2 Å². The summed E-state index contributed by atoms with van der Waals surface area (Å²) in [6.45, 7) is 0. The van der Waals surface area contributed by atoms with Crippen molar-refractivity contribution in [3.63, 3.8) is 0 Å². The zero-order chi connectivity index (χ0) is 8.48. The first-order valence-corrected chi connectivity index (χ1v) is 3.21. The molecule has 0 aromatic rings. The van der Waals surface area contributed by atoms with Gasteiger partial charge in [-0.2, -0.15) is 13.2 Å². The van der Waals surface area contributed by atoms with Crippen LogP contribution < -0.4 is 5.73 Å². The highest BCUT2D eigenvalue weighted by molar-refractivity contribution is 5.26. The zero-order valence-corrected chi connectivity index (χ0v) is 5.73. The Labute approximate surface area is 62.4 Å². The Morgan fingerprint density at radius 3 is 2.45 bits per heavy atom. The van der Waals surface area contributed by atoms with Crippen LogP contribution in [0.4, 0.5) is 13.2 Å². The Balaban J connectivity index is 2.84. The fraction of sp³-hybridized carbons (Fsp3) is 0.429. The van der Waals surface area contributed by atoms with E-state index >= 15 is 0 Å². The number of rotatable bonds is 0. The molecular formula is C7H8F3N. The van der Waals surface area contributed by atoms with E-state index in [1.807, 2.05) is 0 Å². The van der Waals surface area contributed by atoms with Crippen molar-refractivity contribution in [1.29, 1.82) is 0 Å². The molecule has 11 heavy (non-hydrogen) atoms. The Morgan fingerprint density at radius 2 is 2.09 bits per heavy atom. The van der Waals surface area contributed by atoms with Crippen LogP contribution in [-0.4, -0.2) is 12.2 Å². The first kappa shape index (κ1) is 8.33. The number of hydrogen-bond acceptors (Lipinski definition) is 1. The molecule has 2 N–H and O–H groups in total. The van der Waals surface area contributed by atoms with Gasteiger partial charge in [0.2, 0.25) is 0 Å². The van der Waals surface area contributed by atoms with Crippen LogP contribution in [0.15, 0.2) is 23.8 Å². The topological polar surface area (TPSA) is 26.0 Å². The average molecular weight is 163 g/mol. The van der Waals surface area contributed by atoms with Gasteiger partial charge in [0.05, 0.1) is 0 Å². The Kier molecular flexibility index (Phi) is 2.04. The van der Waals surface area contributed by atoms with Crippen molar-refractivity contribution in [3.8, 4) is 0 Å². The van der Waals surface area contributed by atoms with Gasteiger partial charge in [0.1, 0.15) is 0 Å². The smallest absolute Gasteiger partial charge is 0.324 e. The molecule has 1 unspecified atom stereocenters. The second-order valence-corrected chi connectivity index (χ2v) is 2.39. The molecular weight excluding hydrogens is 155 g/mol. The predicted molar refractivity (Wildman–Crippen MR) is 35.9 cm³/mol. The molecule has 1 aliphatic rings. The third kappa shape index (κ3) is 1.83. The summed E-state index contributed by atoms with van der Waals surface area (Å²) in [4.78, 5) is 0. The zero-order valence-electron chi connectivity index (χ0n) is 5.73. The second-order valence-electron chi connectivity index (χ2n) is 2.39. The summed E-state index contributed by atoms with van der Waals surface area (Å²) in [6.07, 6.45) is 0.0236. The number of nitrogens with two attached hydrogens (primary N) is 1. The van der Waals surface area contributed by atoms with Gasteiger partial charge in [-0.3, -0.25) is 0 Å². The van der Waals surface area contributed by atoms with Crippen LogP contribution in [0.5, 0.6) is 0 Å². The third-order valence-corrected chi connectivity index (χ3v) is 1.53. The van der Waals surface area contributed by atoms with Crippen LogP contribution in [-0.2, 0) is 0 Å². The van der Waals surface area contributed by atoms with Crippen LogP contribution in [0.1, 0.15) is 6.42 Å². The van der Waals surface area contributed by atoms with Crippen LogP contribution in [0.25, 0.3) is 0 Å². The van der Waals surface area contributed by atoms with Crippen LogP contribution >= 0.6 is 0 Å². The predicted octanol–water partition coefficient (Wildman–Crippen LogP) is 1.76. The van der Waals surface area contributed by atoms with E-state index in [1.54, 1.807) is 6.08 Å². The van der Waals surface area contributed by atoms with Gasteiger partial charge in [-0.25, -0.2) is 0 Å². The SMILES string of the molecule is NC1CC=CC=C1C(F)(F)F. The monoisotopic (exact) mass is 163 g/mol. The Morgan fingerprint density at radius 1 is 1.45 bits per heavy atom. The van der Waals surface area contributed by atoms with Gasteiger partial charge in [-0.1, -0.05) is 18.2 Å². The lowest BCUT2D eigenvalue weighted by Crippen LogP contribution is -2.31. The lowest BCUT2D eigenvalue weighted by Gasteiger charge is -2.19. The number of allylic oxidation sites excluding steroid dienone is 2. The highest BCUT2D eigenvalue weighted by atomic mass is 19.4. The van der Waals surface area contributed by atoms with E-state index in [0.717, 1.165) is 6.08 Å². The van der Waals surface area contributed by atoms with Crippen molar-refractivity contribution in [2.45, 2.75) is 18.6 Å². The van der Waals surface area contributed by atoms with Gasteiger partial charge in [0.25, 0.3) is 0 Å². The summed E-state index contributed by atoms with van der Waals surface area (Å²) in [7, 11) is 0. The second kappa shape index (κ2) is 2.70. The molecule has 0 spiro atoms. The molecule has 1 nitrogen and oxygen atoms in total. The van der Waals surface area contributed by atoms with Crippen LogP contribution in [0.3, 0.4) is 0 Å². The number of alkyl halides is 3. The lowest BCUT2D eigenvalue weighted by atomic mass is 10.00.